The molecule has 9 heteroatoms. The Bertz CT molecular complexity index is 699. The molecule has 4 rings (SSSR count). The summed E-state index contributed by atoms with van der Waals surface area (Å²) in [6, 6.07) is 3.85. The van der Waals surface area contributed by atoms with Crippen LogP contribution in [0.5, 0.6) is 0 Å². The van der Waals surface area contributed by atoms with Gasteiger partial charge in [-0.05, 0) is 25.0 Å². The normalized spacial score (nSPS) is 28.2. The second-order valence-corrected chi connectivity index (χ2v) is 7.21. The van der Waals surface area contributed by atoms with Crippen molar-refractivity contribution < 1.29 is 9.53 Å². The quantitative estimate of drug-likeness (QED) is 0.608. The molecule has 0 spiro atoms. The summed E-state index contributed by atoms with van der Waals surface area (Å²) in [5.41, 5.74) is 8.28. The number of hydrogen-bond acceptors (Lipinski definition) is 8. The van der Waals surface area contributed by atoms with Crippen LogP contribution >= 0.6 is 0 Å². The molecule has 0 aliphatic carbocycles. The fourth-order valence-electron chi connectivity index (χ4n) is 3.80. The number of nitrogens with zero attached hydrogens (tertiary/aromatic N) is 4. The molecule has 3 aliphatic heterocycles. The van der Waals surface area contributed by atoms with Crippen molar-refractivity contribution in [2.45, 2.75) is 31.0 Å². The second kappa shape index (κ2) is 8.08. The number of pyridine rings is 1. The fourth-order valence-corrected chi connectivity index (χ4v) is 3.80. The van der Waals surface area contributed by atoms with E-state index in [0.29, 0.717) is 19.5 Å². The summed E-state index contributed by atoms with van der Waals surface area (Å²) in [5, 5.41) is 12.0. The Morgan fingerprint density at radius 1 is 1.30 bits per heavy atom. The van der Waals surface area contributed by atoms with Crippen LogP contribution in [0.25, 0.3) is 0 Å². The number of nitrogens with one attached hydrogen (secondary N) is 3. The number of hydrogen-bond donors (Lipinski definition) is 3. The second-order valence-electron chi connectivity index (χ2n) is 7.21. The number of rotatable bonds is 4. The van der Waals surface area contributed by atoms with Crippen molar-refractivity contribution in [2.24, 2.45) is 0 Å². The number of carbonyl (C=O) groups excluding carboxylic acids is 1. The lowest BCUT2D eigenvalue weighted by atomic mass is 10.1. The standard InChI is InChI=1S/C18H25N7O2/c19-12-24-4-3-13(11-24)21-18(26)17-9-16(22-23-17)15-2-1-14(10-20-15)25-5-7-27-8-6-25/h1-2,10,13,16-17,22-23H,3-9,11H2,(H,21,26). The number of aromatic nitrogens is 1. The zero-order chi connectivity index (χ0) is 18.6. The predicted molar refractivity (Wildman–Crippen MR) is 98.4 cm³/mol. The van der Waals surface area contributed by atoms with E-state index in [-0.39, 0.29) is 24.0 Å². The first-order valence-corrected chi connectivity index (χ1v) is 9.47. The van der Waals surface area contributed by atoms with Gasteiger partial charge in [-0.3, -0.25) is 9.78 Å². The van der Waals surface area contributed by atoms with Crippen LogP contribution in [0.15, 0.2) is 18.3 Å². The molecule has 27 heavy (non-hydrogen) atoms. The molecule has 3 fully saturated rings. The lowest BCUT2D eigenvalue weighted by molar-refractivity contribution is -0.123. The van der Waals surface area contributed by atoms with Crippen molar-refractivity contribution in [3.63, 3.8) is 0 Å². The molecule has 3 unspecified atom stereocenters. The van der Waals surface area contributed by atoms with Crippen LogP contribution in [-0.2, 0) is 9.53 Å². The molecule has 4 heterocycles. The lowest BCUT2D eigenvalue weighted by Gasteiger charge is -2.28. The zero-order valence-electron chi connectivity index (χ0n) is 15.2. The van der Waals surface area contributed by atoms with Gasteiger partial charge in [0.05, 0.1) is 36.8 Å². The minimum atomic E-state index is -0.299. The number of morpholine rings is 1. The minimum Gasteiger partial charge on any atom is -0.378 e. The molecule has 3 aliphatic rings. The third-order valence-electron chi connectivity index (χ3n) is 5.40. The number of nitriles is 1. The SMILES string of the molecule is N#CN1CCC(NC(=O)C2CC(c3ccc(N4CCOCC4)cn3)NN2)C1. The van der Waals surface area contributed by atoms with Crippen molar-refractivity contribution in [3.05, 3.63) is 24.0 Å². The maximum atomic E-state index is 12.5. The maximum absolute atomic E-state index is 12.5. The Hall–Kier alpha value is -2.41. The van der Waals surface area contributed by atoms with Crippen LogP contribution < -0.4 is 21.1 Å². The van der Waals surface area contributed by atoms with Crippen molar-refractivity contribution in [2.75, 3.05) is 44.3 Å². The summed E-state index contributed by atoms with van der Waals surface area (Å²) in [6.45, 7) is 4.57. The molecular formula is C18H25N7O2. The molecular weight excluding hydrogens is 346 g/mol. The summed E-state index contributed by atoms with van der Waals surface area (Å²) in [6.07, 6.45) is 5.48. The maximum Gasteiger partial charge on any atom is 0.238 e. The van der Waals surface area contributed by atoms with Crippen LogP contribution in [0.1, 0.15) is 24.6 Å². The number of likely N-dealkylation sites (tertiary alicyclic amines) is 1. The smallest absolute Gasteiger partial charge is 0.238 e. The van der Waals surface area contributed by atoms with Gasteiger partial charge in [-0.1, -0.05) is 0 Å². The van der Waals surface area contributed by atoms with Gasteiger partial charge in [-0.2, -0.15) is 5.26 Å². The zero-order valence-corrected chi connectivity index (χ0v) is 15.2. The molecule has 1 amide bonds. The highest BCUT2D eigenvalue weighted by atomic mass is 16.5. The predicted octanol–water partition coefficient (Wildman–Crippen LogP) is -0.503. The Kier molecular flexibility index (Phi) is 5.38. The van der Waals surface area contributed by atoms with Crippen LogP contribution in [0.4, 0.5) is 5.69 Å². The number of carbonyl (C=O) groups is 1. The van der Waals surface area contributed by atoms with Crippen molar-refractivity contribution >= 4 is 11.6 Å². The molecule has 1 aromatic rings. The van der Waals surface area contributed by atoms with Crippen LogP contribution in [0.3, 0.4) is 0 Å². The average molecular weight is 371 g/mol. The molecule has 3 N–H and O–H groups in total. The van der Waals surface area contributed by atoms with Gasteiger partial charge < -0.3 is 19.9 Å². The van der Waals surface area contributed by atoms with E-state index in [1.807, 2.05) is 12.3 Å². The van der Waals surface area contributed by atoms with Gasteiger partial charge in [0, 0.05) is 32.2 Å². The summed E-state index contributed by atoms with van der Waals surface area (Å²) in [7, 11) is 0. The van der Waals surface area contributed by atoms with Crippen molar-refractivity contribution in [3.8, 4) is 6.19 Å². The average Bonchev–Trinajstić information content (AvgIpc) is 3.38. The highest BCUT2D eigenvalue weighted by Gasteiger charge is 2.33. The van der Waals surface area contributed by atoms with Gasteiger partial charge >= 0.3 is 0 Å². The molecule has 0 saturated carbocycles. The summed E-state index contributed by atoms with van der Waals surface area (Å²) in [4.78, 5) is 21.0. The first-order valence-electron chi connectivity index (χ1n) is 9.47. The monoisotopic (exact) mass is 371 g/mol. The van der Waals surface area contributed by atoms with Gasteiger partial charge in [0.15, 0.2) is 6.19 Å². The summed E-state index contributed by atoms with van der Waals surface area (Å²) in [5.74, 6) is -0.0280. The highest BCUT2D eigenvalue weighted by molar-refractivity contribution is 5.82. The fraction of sp³-hybridized carbons (Fsp3) is 0.611. The molecule has 9 nitrogen and oxygen atoms in total. The third-order valence-corrected chi connectivity index (χ3v) is 5.40. The molecule has 3 atom stereocenters. The van der Waals surface area contributed by atoms with Gasteiger partial charge in [0.2, 0.25) is 5.91 Å². The number of anilines is 1. The van der Waals surface area contributed by atoms with E-state index in [4.69, 9.17) is 10.00 Å². The topological polar surface area (TPSA) is 106 Å². The van der Waals surface area contributed by atoms with Gasteiger partial charge in [-0.15, -0.1) is 0 Å². The Morgan fingerprint density at radius 2 is 2.15 bits per heavy atom. The van der Waals surface area contributed by atoms with Crippen LogP contribution in [0.2, 0.25) is 0 Å². The van der Waals surface area contributed by atoms with Gasteiger partial charge in [0.1, 0.15) is 6.04 Å². The van der Waals surface area contributed by atoms with Crippen molar-refractivity contribution in [1.29, 1.82) is 5.26 Å². The molecule has 0 bridgehead atoms. The Morgan fingerprint density at radius 3 is 2.85 bits per heavy atom. The number of amides is 1. The summed E-state index contributed by atoms with van der Waals surface area (Å²) >= 11 is 0. The van der Waals surface area contributed by atoms with E-state index < -0.39 is 0 Å². The highest BCUT2D eigenvalue weighted by Crippen LogP contribution is 2.23. The van der Waals surface area contributed by atoms with Crippen LogP contribution in [-0.4, -0.2) is 67.3 Å². The molecule has 0 radical (unpaired) electrons. The lowest BCUT2D eigenvalue weighted by Crippen LogP contribution is -2.47. The first-order chi connectivity index (χ1) is 13.2. The third kappa shape index (κ3) is 4.13. The number of ether oxygens (including phenoxy) is 1. The molecule has 0 aromatic carbocycles. The van der Waals surface area contributed by atoms with Crippen LogP contribution in [0, 0.1) is 11.5 Å². The number of hydrazine groups is 1. The molecule has 144 valence electrons. The van der Waals surface area contributed by atoms with E-state index in [2.05, 4.69) is 38.3 Å². The van der Waals surface area contributed by atoms with E-state index in [9.17, 15) is 4.79 Å². The van der Waals surface area contributed by atoms with Gasteiger partial charge in [-0.25, -0.2) is 10.9 Å². The Balaban J connectivity index is 1.30. The van der Waals surface area contributed by atoms with Gasteiger partial charge in [0.25, 0.3) is 0 Å². The van der Waals surface area contributed by atoms with E-state index in [1.165, 1.54) is 0 Å². The summed E-state index contributed by atoms with van der Waals surface area (Å²) < 4.78 is 5.38. The van der Waals surface area contributed by atoms with E-state index >= 15 is 0 Å². The van der Waals surface area contributed by atoms with E-state index in [1.54, 1.807) is 4.90 Å². The van der Waals surface area contributed by atoms with Crippen molar-refractivity contribution in [1.82, 2.24) is 26.1 Å². The first kappa shape index (κ1) is 18.0. The Labute approximate surface area is 158 Å². The minimum absolute atomic E-state index is 0.00123. The van der Waals surface area contributed by atoms with E-state index in [0.717, 1.165) is 44.1 Å². The largest absolute Gasteiger partial charge is 0.378 e. The molecule has 3 saturated heterocycles. The molecule has 1 aromatic heterocycles.